The molecule has 1 aliphatic heterocycles. The number of aliphatic hydroxyl groups excluding tert-OH is 1. The van der Waals surface area contributed by atoms with Gasteiger partial charge in [0, 0.05) is 32.0 Å². The molecule has 0 aromatic carbocycles. The number of likely N-dealkylation sites (tertiary alicyclic amines) is 1. The van der Waals surface area contributed by atoms with Crippen LogP contribution in [0.4, 0.5) is 0 Å². The molecule has 1 rings (SSSR count). The molecule has 0 aromatic rings. The van der Waals surface area contributed by atoms with Crippen molar-refractivity contribution in [2.45, 2.75) is 19.3 Å². The predicted molar refractivity (Wildman–Crippen MR) is 67.6 cm³/mol. The minimum Gasteiger partial charge on any atom is -0.396 e. The van der Waals surface area contributed by atoms with Gasteiger partial charge >= 0.3 is 0 Å². The number of thioether (sulfide) groups is 1. The highest BCUT2D eigenvalue weighted by molar-refractivity contribution is 7.99. The van der Waals surface area contributed by atoms with Crippen LogP contribution < -0.4 is 5.32 Å². The maximum absolute atomic E-state index is 8.59. The first-order valence-electron chi connectivity index (χ1n) is 6.05. The van der Waals surface area contributed by atoms with E-state index in [9.17, 15) is 0 Å². The minimum atomic E-state index is 0.329. The van der Waals surface area contributed by atoms with Gasteiger partial charge in [-0.1, -0.05) is 0 Å². The maximum atomic E-state index is 8.59. The van der Waals surface area contributed by atoms with E-state index in [1.54, 1.807) is 0 Å². The topological polar surface area (TPSA) is 35.5 Å². The number of hydrogen-bond acceptors (Lipinski definition) is 4. The largest absolute Gasteiger partial charge is 0.396 e. The van der Waals surface area contributed by atoms with Crippen LogP contribution in [0, 0.1) is 0 Å². The third-order valence-electron chi connectivity index (χ3n) is 2.67. The lowest BCUT2D eigenvalue weighted by molar-refractivity contribution is 0.296. The fraction of sp³-hybridized carbons (Fsp3) is 1.00. The summed E-state index contributed by atoms with van der Waals surface area (Å²) in [6, 6.07) is 0. The fourth-order valence-electron chi connectivity index (χ4n) is 1.78. The summed E-state index contributed by atoms with van der Waals surface area (Å²) in [6.45, 7) is 6.36. The van der Waals surface area contributed by atoms with Crippen LogP contribution in [0.1, 0.15) is 19.3 Å². The first kappa shape index (κ1) is 13.3. The van der Waals surface area contributed by atoms with Crippen molar-refractivity contribution in [2.75, 3.05) is 50.8 Å². The molecule has 1 heterocycles. The molecule has 0 aliphatic carbocycles. The van der Waals surface area contributed by atoms with Crippen molar-refractivity contribution < 1.29 is 5.11 Å². The number of hydrogen-bond donors (Lipinski definition) is 2. The molecular weight excluding hydrogens is 208 g/mol. The van der Waals surface area contributed by atoms with E-state index in [1.165, 1.54) is 38.2 Å². The van der Waals surface area contributed by atoms with E-state index in [1.807, 2.05) is 11.8 Å². The summed E-state index contributed by atoms with van der Waals surface area (Å²) < 4.78 is 0. The Hall–Kier alpha value is 0.230. The van der Waals surface area contributed by atoms with Crippen LogP contribution in [0.3, 0.4) is 0 Å². The molecule has 0 unspecified atom stereocenters. The van der Waals surface area contributed by atoms with Crippen molar-refractivity contribution >= 4 is 11.8 Å². The zero-order valence-corrected chi connectivity index (χ0v) is 10.4. The second-order valence-corrected chi connectivity index (χ2v) is 5.21. The quantitative estimate of drug-likeness (QED) is 0.576. The smallest absolute Gasteiger partial charge is 0.0438 e. The summed E-state index contributed by atoms with van der Waals surface area (Å²) in [5, 5.41) is 12.1. The van der Waals surface area contributed by atoms with Crippen LogP contribution in [0.25, 0.3) is 0 Å². The fourth-order valence-corrected chi connectivity index (χ4v) is 2.61. The van der Waals surface area contributed by atoms with Crippen molar-refractivity contribution in [1.29, 1.82) is 0 Å². The SMILES string of the molecule is OCCCSCCNCCN1CCCC1. The first-order chi connectivity index (χ1) is 7.43. The zero-order valence-electron chi connectivity index (χ0n) is 9.58. The summed E-state index contributed by atoms with van der Waals surface area (Å²) in [7, 11) is 0. The van der Waals surface area contributed by atoms with Gasteiger partial charge < -0.3 is 15.3 Å². The van der Waals surface area contributed by atoms with E-state index in [-0.39, 0.29) is 0 Å². The van der Waals surface area contributed by atoms with Crippen LogP contribution in [0.2, 0.25) is 0 Å². The zero-order chi connectivity index (χ0) is 10.8. The Bertz CT molecular complexity index is 141. The average Bonchev–Trinajstić information content (AvgIpc) is 2.75. The lowest BCUT2D eigenvalue weighted by Crippen LogP contribution is -2.31. The van der Waals surface area contributed by atoms with Gasteiger partial charge in [-0.25, -0.2) is 0 Å². The van der Waals surface area contributed by atoms with Crippen molar-refractivity contribution in [3.05, 3.63) is 0 Å². The third-order valence-corrected chi connectivity index (χ3v) is 3.74. The summed E-state index contributed by atoms with van der Waals surface area (Å²) in [5.41, 5.74) is 0. The Balaban J connectivity index is 1.73. The molecule has 4 heteroatoms. The molecule has 0 aromatic heterocycles. The van der Waals surface area contributed by atoms with Crippen LogP contribution in [0.15, 0.2) is 0 Å². The van der Waals surface area contributed by atoms with Crippen LogP contribution in [0.5, 0.6) is 0 Å². The molecule has 15 heavy (non-hydrogen) atoms. The molecule has 0 spiro atoms. The highest BCUT2D eigenvalue weighted by atomic mass is 32.2. The molecule has 1 saturated heterocycles. The van der Waals surface area contributed by atoms with Gasteiger partial charge in [-0.05, 0) is 38.1 Å². The summed E-state index contributed by atoms with van der Waals surface area (Å²) in [6.07, 6.45) is 3.70. The molecule has 3 nitrogen and oxygen atoms in total. The van der Waals surface area contributed by atoms with Crippen molar-refractivity contribution in [3.8, 4) is 0 Å². The van der Waals surface area contributed by atoms with Crippen LogP contribution >= 0.6 is 11.8 Å². The average molecular weight is 232 g/mol. The Morgan fingerprint density at radius 2 is 1.93 bits per heavy atom. The normalized spacial score (nSPS) is 17.4. The first-order valence-corrected chi connectivity index (χ1v) is 7.20. The summed E-state index contributed by atoms with van der Waals surface area (Å²) in [5.74, 6) is 2.25. The van der Waals surface area contributed by atoms with Gasteiger partial charge in [-0.15, -0.1) is 0 Å². The summed E-state index contributed by atoms with van der Waals surface area (Å²) in [4.78, 5) is 2.53. The Kier molecular flexibility index (Phi) is 8.38. The molecule has 0 radical (unpaired) electrons. The standard InChI is InChI=1S/C11H24N2OS/c14-9-3-10-15-11-5-12-4-8-13-6-1-2-7-13/h12,14H,1-11H2. The number of aliphatic hydroxyl groups is 1. The lowest BCUT2D eigenvalue weighted by Gasteiger charge is -2.14. The van der Waals surface area contributed by atoms with Gasteiger partial charge in [0.05, 0.1) is 0 Å². The van der Waals surface area contributed by atoms with Crippen molar-refractivity contribution in [1.82, 2.24) is 10.2 Å². The predicted octanol–water partition coefficient (Wildman–Crippen LogP) is 0.787. The Labute approximate surface area is 97.6 Å². The minimum absolute atomic E-state index is 0.329. The molecule has 0 saturated carbocycles. The second-order valence-electron chi connectivity index (χ2n) is 3.99. The van der Waals surface area contributed by atoms with E-state index < -0.39 is 0 Å². The molecule has 0 amide bonds. The Morgan fingerprint density at radius 1 is 1.13 bits per heavy atom. The maximum Gasteiger partial charge on any atom is 0.0438 e. The molecule has 2 N–H and O–H groups in total. The molecular formula is C11H24N2OS. The van der Waals surface area contributed by atoms with Crippen molar-refractivity contribution in [2.24, 2.45) is 0 Å². The van der Waals surface area contributed by atoms with Gasteiger partial charge in [0.2, 0.25) is 0 Å². The highest BCUT2D eigenvalue weighted by Gasteiger charge is 2.09. The number of nitrogens with one attached hydrogen (secondary N) is 1. The highest BCUT2D eigenvalue weighted by Crippen LogP contribution is 2.05. The molecule has 0 atom stereocenters. The van der Waals surface area contributed by atoms with E-state index in [0.717, 1.165) is 25.3 Å². The monoisotopic (exact) mass is 232 g/mol. The number of rotatable bonds is 9. The molecule has 1 aliphatic rings. The van der Waals surface area contributed by atoms with Gasteiger partial charge in [0.1, 0.15) is 0 Å². The number of nitrogens with zero attached hydrogens (tertiary/aromatic N) is 1. The van der Waals surface area contributed by atoms with Crippen LogP contribution in [-0.4, -0.2) is 60.8 Å². The van der Waals surface area contributed by atoms with E-state index in [0.29, 0.717) is 6.61 Å². The van der Waals surface area contributed by atoms with E-state index in [4.69, 9.17) is 5.11 Å². The van der Waals surface area contributed by atoms with Gasteiger partial charge in [0.15, 0.2) is 0 Å². The second kappa shape index (κ2) is 9.46. The molecule has 0 bridgehead atoms. The van der Waals surface area contributed by atoms with Gasteiger partial charge in [-0.3, -0.25) is 0 Å². The van der Waals surface area contributed by atoms with Gasteiger partial charge in [-0.2, -0.15) is 11.8 Å². The summed E-state index contributed by atoms with van der Waals surface area (Å²) >= 11 is 1.92. The molecule has 90 valence electrons. The van der Waals surface area contributed by atoms with Gasteiger partial charge in [0.25, 0.3) is 0 Å². The Morgan fingerprint density at radius 3 is 2.67 bits per heavy atom. The lowest BCUT2D eigenvalue weighted by atomic mass is 10.4. The third kappa shape index (κ3) is 7.17. The van der Waals surface area contributed by atoms with E-state index in [2.05, 4.69) is 10.2 Å². The van der Waals surface area contributed by atoms with Crippen molar-refractivity contribution in [3.63, 3.8) is 0 Å². The molecule has 1 fully saturated rings. The van der Waals surface area contributed by atoms with E-state index >= 15 is 0 Å². The van der Waals surface area contributed by atoms with Crippen LogP contribution in [-0.2, 0) is 0 Å².